The molecule has 0 aromatic heterocycles. The molecular weight excluding hydrogens is 338 g/mol. The lowest BCUT2D eigenvalue weighted by atomic mass is 10.2. The van der Waals surface area contributed by atoms with Gasteiger partial charge in [0, 0.05) is 4.47 Å². The minimum absolute atomic E-state index is 0.188. The van der Waals surface area contributed by atoms with Gasteiger partial charge in [0.25, 0.3) is 0 Å². The van der Waals surface area contributed by atoms with Crippen molar-refractivity contribution in [1.82, 2.24) is 5.32 Å². The van der Waals surface area contributed by atoms with Gasteiger partial charge < -0.3 is 15.7 Å². The average molecular weight is 351 g/mol. The number of amides is 2. The van der Waals surface area contributed by atoms with E-state index in [0.717, 1.165) is 12.1 Å². The van der Waals surface area contributed by atoms with E-state index in [9.17, 15) is 18.4 Å². The van der Waals surface area contributed by atoms with Crippen molar-refractivity contribution in [2.75, 3.05) is 5.32 Å². The number of urea groups is 1. The molecule has 8 heteroatoms. The third kappa shape index (κ3) is 4.44. The number of carbonyl (C=O) groups excluding carboxylic acids is 1. The minimum Gasteiger partial charge on any atom is -0.480 e. The Bertz CT molecular complexity index is 502. The summed E-state index contributed by atoms with van der Waals surface area (Å²) in [5.41, 5.74) is -0.633. The summed E-state index contributed by atoms with van der Waals surface area (Å²) in [7, 11) is 0. The van der Waals surface area contributed by atoms with Crippen LogP contribution in [0, 0.1) is 11.6 Å². The van der Waals surface area contributed by atoms with Gasteiger partial charge in [-0.3, -0.25) is 0 Å². The minimum atomic E-state index is -1.21. The van der Waals surface area contributed by atoms with Crippen molar-refractivity contribution in [3.05, 3.63) is 28.2 Å². The van der Waals surface area contributed by atoms with Crippen molar-refractivity contribution >= 4 is 33.6 Å². The van der Waals surface area contributed by atoms with E-state index in [1.807, 2.05) is 5.32 Å². The largest absolute Gasteiger partial charge is 0.480 e. The van der Waals surface area contributed by atoms with Gasteiger partial charge in [-0.05, 0) is 18.6 Å². The van der Waals surface area contributed by atoms with Crippen LogP contribution < -0.4 is 10.6 Å². The van der Waals surface area contributed by atoms with Gasteiger partial charge in [-0.1, -0.05) is 29.3 Å². The zero-order valence-electron chi connectivity index (χ0n) is 10.5. The maximum atomic E-state index is 13.5. The van der Waals surface area contributed by atoms with Gasteiger partial charge in [0.1, 0.15) is 11.7 Å². The van der Waals surface area contributed by atoms with Crippen molar-refractivity contribution < 1.29 is 23.5 Å². The second kappa shape index (κ2) is 7.18. The smallest absolute Gasteiger partial charge is 0.326 e. The van der Waals surface area contributed by atoms with Crippen LogP contribution in [0.15, 0.2) is 16.6 Å². The highest BCUT2D eigenvalue weighted by atomic mass is 79.9. The van der Waals surface area contributed by atoms with E-state index in [2.05, 4.69) is 21.2 Å². The Balaban J connectivity index is 2.78. The molecule has 0 aliphatic heterocycles. The number of carbonyl (C=O) groups is 2. The fourth-order valence-electron chi connectivity index (χ4n) is 1.52. The Morgan fingerprint density at radius 3 is 2.35 bits per heavy atom. The predicted molar refractivity (Wildman–Crippen MR) is 72.5 cm³/mol. The Morgan fingerprint density at radius 1 is 1.35 bits per heavy atom. The van der Waals surface area contributed by atoms with Gasteiger partial charge >= 0.3 is 12.0 Å². The predicted octanol–water partition coefficient (Wildman–Crippen LogP) is 3.10. The van der Waals surface area contributed by atoms with E-state index in [4.69, 9.17) is 5.11 Å². The molecule has 1 aromatic rings. The van der Waals surface area contributed by atoms with Gasteiger partial charge in [0.15, 0.2) is 11.6 Å². The number of anilines is 1. The standard InChI is InChI=1S/C12H13BrF2N2O3/c1-2-3-9(11(18)19)16-12(20)17-10-7(14)4-6(13)5-8(10)15/h4-5,9H,2-3H2,1H3,(H,18,19)(H2,16,17,20). The summed E-state index contributed by atoms with van der Waals surface area (Å²) in [5, 5.41) is 13.0. The van der Waals surface area contributed by atoms with Gasteiger partial charge in [-0.15, -0.1) is 0 Å². The lowest BCUT2D eigenvalue weighted by molar-refractivity contribution is -0.139. The highest BCUT2D eigenvalue weighted by Crippen LogP contribution is 2.23. The molecular formula is C12H13BrF2N2O3. The van der Waals surface area contributed by atoms with Crippen LogP contribution in [0.25, 0.3) is 0 Å². The van der Waals surface area contributed by atoms with Crippen molar-refractivity contribution in [2.45, 2.75) is 25.8 Å². The van der Waals surface area contributed by atoms with Crippen LogP contribution in [0.3, 0.4) is 0 Å². The van der Waals surface area contributed by atoms with Crippen LogP contribution >= 0.6 is 15.9 Å². The number of aliphatic carboxylic acids is 1. The van der Waals surface area contributed by atoms with Gasteiger partial charge in [0.2, 0.25) is 0 Å². The second-order valence-corrected chi connectivity index (χ2v) is 4.94. The molecule has 110 valence electrons. The molecule has 1 aromatic carbocycles. The Labute approximate surface area is 122 Å². The third-order valence-electron chi connectivity index (χ3n) is 2.43. The molecule has 2 amide bonds. The number of carboxylic acids is 1. The molecule has 0 radical (unpaired) electrons. The molecule has 0 saturated heterocycles. The molecule has 1 unspecified atom stereocenters. The molecule has 0 bridgehead atoms. The average Bonchev–Trinajstić information content (AvgIpc) is 2.33. The Hall–Kier alpha value is -1.70. The molecule has 0 aliphatic carbocycles. The van der Waals surface area contributed by atoms with Crippen LogP contribution in [0.2, 0.25) is 0 Å². The van der Waals surface area contributed by atoms with Crippen LogP contribution in [0.5, 0.6) is 0 Å². The monoisotopic (exact) mass is 350 g/mol. The van der Waals surface area contributed by atoms with Gasteiger partial charge in [-0.25, -0.2) is 18.4 Å². The SMILES string of the molecule is CCCC(NC(=O)Nc1c(F)cc(Br)cc1F)C(=O)O. The van der Waals surface area contributed by atoms with E-state index in [0.29, 0.717) is 6.42 Å². The van der Waals surface area contributed by atoms with E-state index < -0.39 is 35.4 Å². The molecule has 0 fully saturated rings. The summed E-state index contributed by atoms with van der Waals surface area (Å²) in [6.07, 6.45) is 0.756. The summed E-state index contributed by atoms with van der Waals surface area (Å²) in [5.74, 6) is -3.14. The Morgan fingerprint density at radius 2 is 1.90 bits per heavy atom. The van der Waals surface area contributed by atoms with Crippen molar-refractivity contribution in [2.24, 2.45) is 0 Å². The summed E-state index contributed by atoms with van der Waals surface area (Å²) in [4.78, 5) is 22.4. The molecule has 20 heavy (non-hydrogen) atoms. The molecule has 0 heterocycles. The number of rotatable bonds is 5. The first-order valence-electron chi connectivity index (χ1n) is 5.80. The molecule has 0 aliphatic rings. The molecule has 0 saturated carbocycles. The first-order valence-corrected chi connectivity index (χ1v) is 6.59. The third-order valence-corrected chi connectivity index (χ3v) is 2.88. The summed E-state index contributed by atoms with van der Waals surface area (Å²) >= 11 is 2.91. The van der Waals surface area contributed by atoms with E-state index in [1.54, 1.807) is 6.92 Å². The number of carboxylic acid groups (broad SMARTS) is 1. The first-order chi connectivity index (χ1) is 9.35. The molecule has 5 nitrogen and oxygen atoms in total. The number of hydrogen-bond donors (Lipinski definition) is 3. The lowest BCUT2D eigenvalue weighted by Crippen LogP contribution is -2.43. The highest BCUT2D eigenvalue weighted by molar-refractivity contribution is 9.10. The number of benzene rings is 1. The maximum Gasteiger partial charge on any atom is 0.326 e. The number of halogens is 3. The fourth-order valence-corrected chi connectivity index (χ4v) is 1.92. The van der Waals surface area contributed by atoms with Crippen LogP contribution in [0.4, 0.5) is 19.3 Å². The van der Waals surface area contributed by atoms with E-state index >= 15 is 0 Å². The summed E-state index contributed by atoms with van der Waals surface area (Å²) in [6.45, 7) is 1.75. The van der Waals surface area contributed by atoms with Crippen molar-refractivity contribution in [1.29, 1.82) is 0 Å². The lowest BCUT2D eigenvalue weighted by Gasteiger charge is -2.15. The van der Waals surface area contributed by atoms with Crippen LogP contribution in [0.1, 0.15) is 19.8 Å². The molecule has 1 atom stereocenters. The molecule has 0 spiro atoms. The van der Waals surface area contributed by atoms with E-state index in [-0.39, 0.29) is 10.9 Å². The van der Waals surface area contributed by atoms with Crippen molar-refractivity contribution in [3.8, 4) is 0 Å². The zero-order valence-corrected chi connectivity index (χ0v) is 12.1. The summed E-state index contributed by atoms with van der Waals surface area (Å²) in [6, 6.07) is -0.119. The van der Waals surface area contributed by atoms with Gasteiger partial charge in [0.05, 0.1) is 0 Å². The molecule has 3 N–H and O–H groups in total. The van der Waals surface area contributed by atoms with Gasteiger partial charge in [-0.2, -0.15) is 0 Å². The normalized spacial score (nSPS) is 11.8. The second-order valence-electron chi connectivity index (χ2n) is 4.02. The summed E-state index contributed by atoms with van der Waals surface area (Å²) < 4.78 is 27.2. The Kier molecular flexibility index (Phi) is 5.87. The quantitative estimate of drug-likeness (QED) is 0.763. The first kappa shape index (κ1) is 16.4. The number of nitrogens with one attached hydrogen (secondary N) is 2. The van der Waals surface area contributed by atoms with E-state index in [1.165, 1.54) is 0 Å². The zero-order chi connectivity index (χ0) is 15.3. The van der Waals surface area contributed by atoms with Crippen molar-refractivity contribution in [3.63, 3.8) is 0 Å². The maximum absolute atomic E-state index is 13.5. The number of hydrogen-bond acceptors (Lipinski definition) is 2. The highest BCUT2D eigenvalue weighted by Gasteiger charge is 2.20. The van der Waals surface area contributed by atoms with Crippen LogP contribution in [-0.2, 0) is 4.79 Å². The molecule has 1 rings (SSSR count). The topological polar surface area (TPSA) is 78.4 Å². The van der Waals surface area contributed by atoms with Crippen LogP contribution in [-0.4, -0.2) is 23.1 Å². The fraction of sp³-hybridized carbons (Fsp3) is 0.333.